The van der Waals surface area contributed by atoms with E-state index in [0.29, 0.717) is 6.10 Å². The van der Waals surface area contributed by atoms with Crippen LogP contribution in [0.15, 0.2) is 0 Å². The Balaban J connectivity index is 3.54. The number of nitrogens with one attached hydrogen (secondary N) is 1. The minimum atomic E-state index is -0.0568. The highest BCUT2D eigenvalue weighted by Gasteiger charge is 2.17. The molecule has 1 atom stereocenters. The van der Waals surface area contributed by atoms with Crippen molar-refractivity contribution in [1.29, 1.82) is 0 Å². The smallest absolute Gasteiger partial charge is 0.0648 e. The normalized spacial score (nSPS) is 14.1. The van der Waals surface area contributed by atoms with Gasteiger partial charge in [-0.05, 0) is 53.6 Å². The first-order valence-corrected chi connectivity index (χ1v) is 6.42. The van der Waals surface area contributed by atoms with Crippen molar-refractivity contribution in [2.75, 3.05) is 26.8 Å². The van der Waals surface area contributed by atoms with E-state index in [1.807, 2.05) is 7.05 Å². The first kappa shape index (κ1) is 15.9. The molecule has 0 aromatic rings. The van der Waals surface area contributed by atoms with E-state index >= 15 is 0 Å². The van der Waals surface area contributed by atoms with Crippen molar-refractivity contribution in [3.8, 4) is 0 Å². The van der Waals surface area contributed by atoms with Gasteiger partial charge < -0.3 is 14.8 Å². The molecule has 0 aliphatic heterocycles. The number of hydrogen-bond donors (Lipinski definition) is 1. The van der Waals surface area contributed by atoms with E-state index < -0.39 is 0 Å². The fourth-order valence-electron chi connectivity index (χ4n) is 1.39. The van der Waals surface area contributed by atoms with Crippen LogP contribution in [0.2, 0.25) is 0 Å². The first-order chi connectivity index (χ1) is 7.52. The van der Waals surface area contributed by atoms with Crippen molar-refractivity contribution in [3.63, 3.8) is 0 Å². The van der Waals surface area contributed by atoms with Crippen LogP contribution in [0.4, 0.5) is 0 Å². The zero-order valence-corrected chi connectivity index (χ0v) is 11.6. The zero-order valence-electron chi connectivity index (χ0n) is 11.6. The summed E-state index contributed by atoms with van der Waals surface area (Å²) in [6, 6.07) is 0. The third-order valence-electron chi connectivity index (χ3n) is 2.60. The quantitative estimate of drug-likeness (QED) is 0.627. The average Bonchev–Trinajstić information content (AvgIpc) is 2.23. The van der Waals surface area contributed by atoms with E-state index in [4.69, 9.17) is 9.47 Å². The standard InChI is InChI=1S/C13H29NO2/c1-6-10-16-13(3,4)8-11-15-12(2)7-9-14-5/h12,14H,6-11H2,1-5H3. The molecule has 0 aliphatic carbocycles. The monoisotopic (exact) mass is 231 g/mol. The summed E-state index contributed by atoms with van der Waals surface area (Å²) in [6.45, 7) is 11.1. The highest BCUT2D eigenvalue weighted by molar-refractivity contribution is 4.68. The zero-order chi connectivity index (χ0) is 12.4. The average molecular weight is 231 g/mol. The number of ether oxygens (including phenoxy) is 2. The minimum Gasteiger partial charge on any atom is -0.378 e. The Kier molecular flexibility index (Phi) is 8.90. The maximum atomic E-state index is 5.75. The van der Waals surface area contributed by atoms with E-state index in [0.717, 1.165) is 39.0 Å². The maximum Gasteiger partial charge on any atom is 0.0648 e. The molecular weight excluding hydrogens is 202 g/mol. The van der Waals surface area contributed by atoms with E-state index in [1.165, 1.54) is 0 Å². The second-order valence-corrected chi connectivity index (χ2v) is 4.93. The van der Waals surface area contributed by atoms with Crippen LogP contribution in [0, 0.1) is 0 Å². The molecule has 0 aromatic heterocycles. The maximum absolute atomic E-state index is 5.75. The summed E-state index contributed by atoms with van der Waals surface area (Å²) in [4.78, 5) is 0. The molecule has 0 saturated carbocycles. The summed E-state index contributed by atoms with van der Waals surface area (Å²) in [6.07, 6.45) is 3.42. The van der Waals surface area contributed by atoms with Gasteiger partial charge in [0.05, 0.1) is 11.7 Å². The second kappa shape index (κ2) is 8.97. The molecule has 0 radical (unpaired) electrons. The van der Waals surface area contributed by atoms with Crippen molar-refractivity contribution in [2.45, 2.75) is 58.7 Å². The van der Waals surface area contributed by atoms with Gasteiger partial charge in [-0.1, -0.05) is 6.92 Å². The van der Waals surface area contributed by atoms with E-state index in [9.17, 15) is 0 Å². The number of hydrogen-bond acceptors (Lipinski definition) is 3. The first-order valence-electron chi connectivity index (χ1n) is 6.42. The van der Waals surface area contributed by atoms with E-state index in [-0.39, 0.29) is 5.60 Å². The summed E-state index contributed by atoms with van der Waals surface area (Å²) in [5.74, 6) is 0. The van der Waals surface area contributed by atoms with Gasteiger partial charge in [0.1, 0.15) is 0 Å². The van der Waals surface area contributed by atoms with Gasteiger partial charge in [-0.2, -0.15) is 0 Å². The molecule has 1 unspecified atom stereocenters. The van der Waals surface area contributed by atoms with Crippen LogP contribution in [-0.4, -0.2) is 38.5 Å². The predicted molar refractivity (Wildman–Crippen MR) is 68.9 cm³/mol. The predicted octanol–water partition coefficient (Wildman–Crippen LogP) is 2.60. The van der Waals surface area contributed by atoms with Crippen molar-refractivity contribution in [2.24, 2.45) is 0 Å². The van der Waals surface area contributed by atoms with Gasteiger partial charge in [0.25, 0.3) is 0 Å². The van der Waals surface area contributed by atoms with Crippen LogP contribution < -0.4 is 5.32 Å². The molecule has 16 heavy (non-hydrogen) atoms. The molecule has 0 heterocycles. The van der Waals surface area contributed by atoms with Crippen molar-refractivity contribution in [3.05, 3.63) is 0 Å². The van der Waals surface area contributed by atoms with Crippen LogP contribution in [0.1, 0.15) is 47.0 Å². The molecule has 0 rings (SSSR count). The van der Waals surface area contributed by atoms with Crippen LogP contribution in [0.5, 0.6) is 0 Å². The van der Waals surface area contributed by atoms with E-state index in [1.54, 1.807) is 0 Å². The third-order valence-corrected chi connectivity index (χ3v) is 2.60. The fourth-order valence-corrected chi connectivity index (χ4v) is 1.39. The summed E-state index contributed by atoms with van der Waals surface area (Å²) in [5.41, 5.74) is -0.0568. The van der Waals surface area contributed by atoms with Gasteiger partial charge in [0.15, 0.2) is 0 Å². The second-order valence-electron chi connectivity index (χ2n) is 4.93. The largest absolute Gasteiger partial charge is 0.378 e. The molecule has 0 aliphatic rings. The third kappa shape index (κ3) is 9.13. The van der Waals surface area contributed by atoms with Gasteiger partial charge in [0.2, 0.25) is 0 Å². The molecule has 0 fully saturated rings. The van der Waals surface area contributed by atoms with Crippen LogP contribution in [-0.2, 0) is 9.47 Å². The van der Waals surface area contributed by atoms with Crippen molar-refractivity contribution >= 4 is 0 Å². The topological polar surface area (TPSA) is 30.5 Å². The molecule has 0 aromatic carbocycles. The molecule has 0 spiro atoms. The Morgan fingerprint density at radius 1 is 1.25 bits per heavy atom. The summed E-state index contributed by atoms with van der Waals surface area (Å²) >= 11 is 0. The summed E-state index contributed by atoms with van der Waals surface area (Å²) in [5, 5.41) is 3.13. The van der Waals surface area contributed by atoms with Crippen LogP contribution >= 0.6 is 0 Å². The Morgan fingerprint density at radius 3 is 2.50 bits per heavy atom. The van der Waals surface area contributed by atoms with Crippen molar-refractivity contribution < 1.29 is 9.47 Å². The number of rotatable bonds is 10. The lowest BCUT2D eigenvalue weighted by Gasteiger charge is -2.26. The van der Waals surface area contributed by atoms with Crippen LogP contribution in [0.25, 0.3) is 0 Å². The highest BCUT2D eigenvalue weighted by atomic mass is 16.5. The Hall–Kier alpha value is -0.120. The van der Waals surface area contributed by atoms with Crippen molar-refractivity contribution in [1.82, 2.24) is 5.32 Å². The van der Waals surface area contributed by atoms with Gasteiger partial charge in [-0.25, -0.2) is 0 Å². The lowest BCUT2D eigenvalue weighted by atomic mass is 10.1. The Bertz CT molecular complexity index is 160. The lowest BCUT2D eigenvalue weighted by molar-refractivity contribution is -0.0493. The van der Waals surface area contributed by atoms with Gasteiger partial charge in [-0.3, -0.25) is 0 Å². The Labute approximate surface area is 101 Å². The molecular formula is C13H29NO2. The molecule has 98 valence electrons. The minimum absolute atomic E-state index is 0.0568. The molecule has 0 amide bonds. The molecule has 1 N–H and O–H groups in total. The molecule has 0 bridgehead atoms. The van der Waals surface area contributed by atoms with Gasteiger partial charge >= 0.3 is 0 Å². The molecule has 3 heteroatoms. The molecule has 3 nitrogen and oxygen atoms in total. The molecule has 0 saturated heterocycles. The highest BCUT2D eigenvalue weighted by Crippen LogP contribution is 2.15. The SMILES string of the molecule is CCCOC(C)(C)CCOC(C)CCNC. The summed E-state index contributed by atoms with van der Waals surface area (Å²) in [7, 11) is 1.97. The van der Waals surface area contributed by atoms with Gasteiger partial charge in [-0.15, -0.1) is 0 Å². The summed E-state index contributed by atoms with van der Waals surface area (Å²) < 4.78 is 11.5. The van der Waals surface area contributed by atoms with Crippen LogP contribution in [0.3, 0.4) is 0 Å². The van der Waals surface area contributed by atoms with E-state index in [2.05, 4.69) is 33.0 Å². The fraction of sp³-hybridized carbons (Fsp3) is 1.00. The Morgan fingerprint density at radius 2 is 1.94 bits per heavy atom. The lowest BCUT2D eigenvalue weighted by Crippen LogP contribution is -2.28. The van der Waals surface area contributed by atoms with Gasteiger partial charge in [0, 0.05) is 13.2 Å².